The zero-order valence-electron chi connectivity index (χ0n) is 13.8. The van der Waals surface area contributed by atoms with Crippen LogP contribution in [0.4, 0.5) is 5.69 Å². The van der Waals surface area contributed by atoms with Gasteiger partial charge < -0.3 is 9.80 Å². The number of rotatable bonds is 1. The van der Waals surface area contributed by atoms with Crippen molar-refractivity contribution in [2.45, 2.75) is 52.1 Å². The first-order chi connectivity index (χ1) is 10.3. The Hall–Kier alpha value is -1.84. The van der Waals surface area contributed by atoms with E-state index in [0.29, 0.717) is 13.0 Å². The van der Waals surface area contributed by atoms with Crippen LogP contribution in [0.1, 0.15) is 39.7 Å². The van der Waals surface area contributed by atoms with E-state index in [-0.39, 0.29) is 29.3 Å². The summed E-state index contributed by atoms with van der Waals surface area (Å²) < 4.78 is 0. The summed E-state index contributed by atoms with van der Waals surface area (Å²) in [6, 6.07) is 8.25. The fourth-order valence-corrected chi connectivity index (χ4v) is 3.62. The van der Waals surface area contributed by atoms with Gasteiger partial charge in [-0.05, 0) is 45.7 Å². The molecule has 2 atom stereocenters. The molecule has 2 aliphatic rings. The molecule has 0 unspecified atom stereocenters. The van der Waals surface area contributed by atoms with Crippen molar-refractivity contribution in [3.8, 4) is 0 Å². The lowest BCUT2D eigenvalue weighted by molar-refractivity contribution is -0.131. The van der Waals surface area contributed by atoms with Gasteiger partial charge in [-0.3, -0.25) is 9.59 Å². The molecular weight excluding hydrogens is 276 g/mol. The average molecular weight is 300 g/mol. The molecule has 0 N–H and O–H groups in total. The van der Waals surface area contributed by atoms with Gasteiger partial charge >= 0.3 is 0 Å². The topological polar surface area (TPSA) is 40.6 Å². The van der Waals surface area contributed by atoms with Gasteiger partial charge in [0.15, 0.2) is 0 Å². The number of carbonyl (C=O) groups is 2. The number of anilines is 1. The number of likely N-dealkylation sites (tertiary alicyclic amines) is 1. The lowest BCUT2D eigenvalue weighted by Crippen LogP contribution is -2.44. The Bertz CT molecular complexity index is 618. The highest BCUT2D eigenvalue weighted by molar-refractivity contribution is 6.01. The van der Waals surface area contributed by atoms with E-state index in [1.54, 1.807) is 0 Å². The first-order valence-electron chi connectivity index (χ1n) is 8.00. The molecule has 1 fully saturated rings. The molecule has 22 heavy (non-hydrogen) atoms. The van der Waals surface area contributed by atoms with Gasteiger partial charge in [0.1, 0.15) is 0 Å². The van der Waals surface area contributed by atoms with E-state index in [9.17, 15) is 9.59 Å². The summed E-state index contributed by atoms with van der Waals surface area (Å²) in [6.45, 7) is 8.67. The summed E-state index contributed by atoms with van der Waals surface area (Å²) in [5.74, 6) is -0.0381. The Morgan fingerprint density at radius 1 is 1.18 bits per heavy atom. The van der Waals surface area contributed by atoms with E-state index >= 15 is 0 Å². The van der Waals surface area contributed by atoms with E-state index in [2.05, 4.69) is 13.0 Å². The van der Waals surface area contributed by atoms with Crippen molar-refractivity contribution in [1.29, 1.82) is 0 Å². The van der Waals surface area contributed by atoms with Crippen LogP contribution in [0.15, 0.2) is 24.3 Å². The molecule has 4 nitrogen and oxygen atoms in total. The monoisotopic (exact) mass is 300 g/mol. The van der Waals surface area contributed by atoms with Gasteiger partial charge in [-0.1, -0.05) is 18.2 Å². The summed E-state index contributed by atoms with van der Waals surface area (Å²) in [5, 5.41) is 0. The van der Waals surface area contributed by atoms with Crippen LogP contribution in [0.25, 0.3) is 0 Å². The number of amides is 2. The third kappa shape index (κ3) is 2.40. The molecule has 2 heterocycles. The predicted octanol–water partition coefficient (Wildman–Crippen LogP) is 2.61. The van der Waals surface area contributed by atoms with Gasteiger partial charge in [-0.15, -0.1) is 0 Å². The zero-order valence-corrected chi connectivity index (χ0v) is 13.8. The average Bonchev–Trinajstić information content (AvgIpc) is 2.97. The molecule has 0 aromatic heterocycles. The van der Waals surface area contributed by atoms with Crippen LogP contribution < -0.4 is 4.90 Å². The number of hydrogen-bond acceptors (Lipinski definition) is 2. The lowest BCUT2D eigenvalue weighted by atomic mass is 10.1. The molecule has 4 heteroatoms. The van der Waals surface area contributed by atoms with Gasteiger partial charge in [0.2, 0.25) is 11.8 Å². The van der Waals surface area contributed by atoms with E-state index in [4.69, 9.17) is 0 Å². The molecule has 0 radical (unpaired) electrons. The van der Waals surface area contributed by atoms with Gasteiger partial charge in [0.05, 0.1) is 5.92 Å². The standard InChI is InChI=1S/C18H24N2O2/c1-12-9-13-7-5-6-8-15(13)20(12)17(22)14-10-16(21)19(11-14)18(2,3)4/h5-8,12,14H,9-11H2,1-4H3/t12-,14+/m0/s1. The predicted molar refractivity (Wildman–Crippen MR) is 86.7 cm³/mol. The van der Waals surface area contributed by atoms with Crippen LogP contribution in [-0.2, 0) is 16.0 Å². The number of carbonyl (C=O) groups excluding carboxylic acids is 2. The van der Waals surface area contributed by atoms with Crippen LogP contribution in [-0.4, -0.2) is 34.8 Å². The molecule has 1 aromatic carbocycles. The fourth-order valence-electron chi connectivity index (χ4n) is 3.62. The van der Waals surface area contributed by atoms with Crippen molar-refractivity contribution in [1.82, 2.24) is 4.90 Å². The Morgan fingerprint density at radius 2 is 1.86 bits per heavy atom. The van der Waals surface area contributed by atoms with Crippen LogP contribution >= 0.6 is 0 Å². The molecule has 0 spiro atoms. The largest absolute Gasteiger partial charge is 0.337 e. The highest BCUT2D eigenvalue weighted by Crippen LogP contribution is 2.35. The summed E-state index contributed by atoms with van der Waals surface area (Å²) in [7, 11) is 0. The molecular formula is C18H24N2O2. The summed E-state index contributed by atoms with van der Waals surface area (Å²) in [5.41, 5.74) is 2.02. The minimum absolute atomic E-state index is 0.0889. The molecule has 2 amide bonds. The van der Waals surface area contributed by atoms with Crippen LogP contribution in [0.3, 0.4) is 0 Å². The molecule has 3 rings (SSSR count). The van der Waals surface area contributed by atoms with Crippen molar-refractivity contribution < 1.29 is 9.59 Å². The maximum absolute atomic E-state index is 13.0. The molecule has 0 bridgehead atoms. The van der Waals surface area contributed by atoms with Crippen molar-refractivity contribution in [3.63, 3.8) is 0 Å². The Morgan fingerprint density at radius 3 is 2.50 bits per heavy atom. The van der Waals surface area contributed by atoms with Crippen molar-refractivity contribution in [3.05, 3.63) is 29.8 Å². The normalized spacial score (nSPS) is 24.8. The number of para-hydroxylation sites is 1. The Labute approximate surface area is 132 Å². The van der Waals surface area contributed by atoms with Crippen molar-refractivity contribution >= 4 is 17.5 Å². The first-order valence-corrected chi connectivity index (χ1v) is 8.00. The van der Waals surface area contributed by atoms with E-state index in [1.807, 2.05) is 48.8 Å². The number of benzene rings is 1. The smallest absolute Gasteiger partial charge is 0.232 e. The van der Waals surface area contributed by atoms with E-state index in [0.717, 1.165) is 12.1 Å². The summed E-state index contributed by atoms with van der Waals surface area (Å²) >= 11 is 0. The van der Waals surface area contributed by atoms with Crippen molar-refractivity contribution in [2.75, 3.05) is 11.4 Å². The maximum atomic E-state index is 13.0. The summed E-state index contributed by atoms with van der Waals surface area (Å²) in [4.78, 5) is 29.0. The molecule has 0 aliphatic carbocycles. The highest BCUT2D eigenvalue weighted by Gasteiger charge is 2.43. The number of hydrogen-bond donors (Lipinski definition) is 0. The Balaban J connectivity index is 1.83. The molecule has 1 saturated heterocycles. The second-order valence-electron chi connectivity index (χ2n) is 7.47. The van der Waals surface area contributed by atoms with Crippen molar-refractivity contribution in [2.24, 2.45) is 5.92 Å². The van der Waals surface area contributed by atoms with Gasteiger partial charge in [-0.25, -0.2) is 0 Å². The van der Waals surface area contributed by atoms with Gasteiger partial charge in [0.25, 0.3) is 0 Å². The third-order valence-corrected chi connectivity index (χ3v) is 4.73. The second kappa shape index (κ2) is 5.11. The number of nitrogens with zero attached hydrogens (tertiary/aromatic N) is 2. The molecule has 118 valence electrons. The fraction of sp³-hybridized carbons (Fsp3) is 0.556. The quantitative estimate of drug-likeness (QED) is 0.800. The minimum Gasteiger partial charge on any atom is -0.337 e. The lowest BCUT2D eigenvalue weighted by Gasteiger charge is -2.32. The Kier molecular flexibility index (Phi) is 3.50. The van der Waals surface area contributed by atoms with E-state index < -0.39 is 0 Å². The zero-order chi connectivity index (χ0) is 16.1. The van der Waals surface area contributed by atoms with Crippen LogP contribution in [0, 0.1) is 5.92 Å². The number of fused-ring (bicyclic) bond motifs is 1. The third-order valence-electron chi connectivity index (χ3n) is 4.73. The molecule has 2 aliphatic heterocycles. The highest BCUT2D eigenvalue weighted by atomic mass is 16.2. The second-order valence-corrected chi connectivity index (χ2v) is 7.47. The first kappa shape index (κ1) is 15.1. The summed E-state index contributed by atoms with van der Waals surface area (Å²) in [6.07, 6.45) is 1.23. The van der Waals surface area contributed by atoms with Gasteiger partial charge in [0, 0.05) is 30.2 Å². The maximum Gasteiger partial charge on any atom is 0.232 e. The molecule has 1 aromatic rings. The SMILES string of the molecule is C[C@H]1Cc2ccccc2N1C(=O)[C@@H]1CC(=O)N(C(C)(C)C)C1. The van der Waals surface area contributed by atoms with E-state index in [1.165, 1.54) is 5.56 Å². The van der Waals surface area contributed by atoms with Crippen LogP contribution in [0.2, 0.25) is 0 Å². The van der Waals surface area contributed by atoms with Crippen LogP contribution in [0.5, 0.6) is 0 Å². The minimum atomic E-state index is -0.222. The molecule has 0 saturated carbocycles. The van der Waals surface area contributed by atoms with Gasteiger partial charge in [-0.2, -0.15) is 0 Å².